The molecule has 0 aliphatic heterocycles. The highest BCUT2D eigenvalue weighted by molar-refractivity contribution is 6.23. The van der Waals surface area contributed by atoms with Gasteiger partial charge in [-0.05, 0) is 85.6 Å². The molecule has 2 aromatic heterocycles. The summed E-state index contributed by atoms with van der Waals surface area (Å²) in [7, 11) is 0. The summed E-state index contributed by atoms with van der Waals surface area (Å²) in [6.45, 7) is 0. The molecule has 0 aliphatic carbocycles. The van der Waals surface area contributed by atoms with Crippen LogP contribution in [-0.2, 0) is 0 Å². The molecular weight excluding hydrogens is 536 g/mol. The maximum absolute atomic E-state index is 6.48. The van der Waals surface area contributed by atoms with Gasteiger partial charge in [-0.3, -0.25) is 0 Å². The fourth-order valence-electron chi connectivity index (χ4n) is 7.29. The Bertz CT molecular complexity index is 2700. The molecule has 0 N–H and O–H groups in total. The quantitative estimate of drug-likeness (QED) is 0.197. The number of para-hydroxylation sites is 1. The highest BCUT2D eigenvalue weighted by Gasteiger charge is 2.18. The Morgan fingerprint density at radius 3 is 1.61 bits per heavy atom. The van der Waals surface area contributed by atoms with Crippen molar-refractivity contribution in [1.82, 2.24) is 0 Å². The van der Waals surface area contributed by atoms with E-state index in [2.05, 4.69) is 133 Å². The van der Waals surface area contributed by atoms with E-state index in [0.29, 0.717) is 0 Å². The lowest BCUT2D eigenvalue weighted by Gasteiger charge is -2.17. The molecule has 204 valence electrons. The molecule has 0 bridgehead atoms. The molecule has 10 aromatic rings. The van der Waals surface area contributed by atoms with Gasteiger partial charge in [-0.15, -0.1) is 0 Å². The van der Waals surface area contributed by atoms with Gasteiger partial charge in [-0.25, -0.2) is 0 Å². The van der Waals surface area contributed by atoms with Gasteiger partial charge in [0, 0.05) is 26.9 Å². The maximum Gasteiger partial charge on any atom is 0.143 e. The van der Waals surface area contributed by atoms with Crippen molar-refractivity contribution in [1.29, 1.82) is 0 Å². The third kappa shape index (κ3) is 3.25. The molecule has 0 unspecified atom stereocenters. The second-order valence-electron chi connectivity index (χ2n) is 11.6. The van der Waals surface area contributed by atoms with Gasteiger partial charge in [0.2, 0.25) is 0 Å². The van der Waals surface area contributed by atoms with Crippen LogP contribution >= 0.6 is 0 Å². The van der Waals surface area contributed by atoms with Gasteiger partial charge >= 0.3 is 0 Å². The van der Waals surface area contributed by atoms with Crippen molar-refractivity contribution in [2.45, 2.75) is 0 Å². The summed E-state index contributed by atoms with van der Waals surface area (Å²) < 4.78 is 12.8. The van der Waals surface area contributed by atoms with Crippen LogP contribution in [0.3, 0.4) is 0 Å². The molecule has 0 saturated heterocycles. The van der Waals surface area contributed by atoms with E-state index < -0.39 is 0 Å². The lowest BCUT2D eigenvalue weighted by molar-refractivity contribution is 0.667. The van der Waals surface area contributed by atoms with Crippen molar-refractivity contribution in [2.75, 3.05) is 0 Å². The van der Waals surface area contributed by atoms with E-state index in [-0.39, 0.29) is 0 Å². The number of furan rings is 2. The van der Waals surface area contributed by atoms with E-state index in [1.165, 1.54) is 43.8 Å². The van der Waals surface area contributed by atoms with Gasteiger partial charge in [-0.2, -0.15) is 0 Å². The number of fused-ring (bicyclic) bond motifs is 10. The minimum atomic E-state index is 0.867. The minimum Gasteiger partial charge on any atom is -0.456 e. The van der Waals surface area contributed by atoms with Gasteiger partial charge in [0.25, 0.3) is 0 Å². The molecule has 0 spiro atoms. The molecular formula is C42H24O2. The van der Waals surface area contributed by atoms with Crippen molar-refractivity contribution < 1.29 is 8.83 Å². The van der Waals surface area contributed by atoms with Crippen LogP contribution in [0.2, 0.25) is 0 Å². The predicted molar refractivity (Wildman–Crippen MR) is 184 cm³/mol. The van der Waals surface area contributed by atoms with Gasteiger partial charge in [0.15, 0.2) is 0 Å². The molecule has 2 heterocycles. The Morgan fingerprint density at radius 2 is 0.886 bits per heavy atom. The first-order valence-electron chi connectivity index (χ1n) is 15.0. The first kappa shape index (κ1) is 23.7. The normalized spacial score (nSPS) is 12.1. The maximum atomic E-state index is 6.48. The average molecular weight is 561 g/mol. The number of rotatable bonds is 2. The summed E-state index contributed by atoms with van der Waals surface area (Å²) >= 11 is 0. The van der Waals surface area contributed by atoms with Crippen LogP contribution in [0.5, 0.6) is 0 Å². The number of benzene rings is 8. The number of hydrogen-bond acceptors (Lipinski definition) is 2. The fourth-order valence-corrected chi connectivity index (χ4v) is 7.29. The fraction of sp³-hybridized carbons (Fsp3) is 0. The summed E-state index contributed by atoms with van der Waals surface area (Å²) in [4.78, 5) is 0. The largest absolute Gasteiger partial charge is 0.456 e. The summed E-state index contributed by atoms with van der Waals surface area (Å²) in [5, 5.41) is 11.7. The summed E-state index contributed by atoms with van der Waals surface area (Å²) in [6.07, 6.45) is 0. The third-order valence-electron chi connectivity index (χ3n) is 9.23. The van der Waals surface area contributed by atoms with Crippen LogP contribution in [0.4, 0.5) is 0 Å². The number of hydrogen-bond donors (Lipinski definition) is 0. The topological polar surface area (TPSA) is 26.3 Å². The molecule has 2 nitrogen and oxygen atoms in total. The SMILES string of the molecule is c1ccc(-c2c3ccccc3c(-c3ccc4oc5cc6c(ccc7c8ccccc8oc67)cc5c4c3)c3ccccc23)cc1. The lowest BCUT2D eigenvalue weighted by atomic mass is 9.86. The summed E-state index contributed by atoms with van der Waals surface area (Å²) in [5.74, 6) is 0. The van der Waals surface area contributed by atoms with Crippen molar-refractivity contribution in [2.24, 2.45) is 0 Å². The van der Waals surface area contributed by atoms with E-state index in [9.17, 15) is 0 Å². The molecule has 8 aromatic carbocycles. The van der Waals surface area contributed by atoms with E-state index >= 15 is 0 Å². The van der Waals surface area contributed by atoms with Crippen LogP contribution < -0.4 is 0 Å². The molecule has 44 heavy (non-hydrogen) atoms. The first-order valence-corrected chi connectivity index (χ1v) is 15.0. The minimum absolute atomic E-state index is 0.867. The Hall–Kier alpha value is -5.86. The van der Waals surface area contributed by atoms with Crippen molar-refractivity contribution in [3.8, 4) is 22.3 Å². The van der Waals surface area contributed by atoms with E-state index in [4.69, 9.17) is 8.83 Å². The zero-order valence-corrected chi connectivity index (χ0v) is 23.7. The molecule has 0 fully saturated rings. The first-order chi connectivity index (χ1) is 21.8. The zero-order valence-electron chi connectivity index (χ0n) is 23.7. The monoisotopic (exact) mass is 560 g/mol. The van der Waals surface area contributed by atoms with Crippen LogP contribution in [-0.4, -0.2) is 0 Å². The zero-order chi connectivity index (χ0) is 28.8. The highest BCUT2D eigenvalue weighted by Crippen LogP contribution is 2.45. The van der Waals surface area contributed by atoms with Gasteiger partial charge in [0.1, 0.15) is 22.3 Å². The van der Waals surface area contributed by atoms with Gasteiger partial charge in [0.05, 0.1) is 0 Å². The Labute approximate surface area is 252 Å². The van der Waals surface area contributed by atoms with E-state index in [1.807, 2.05) is 12.1 Å². The van der Waals surface area contributed by atoms with E-state index in [1.54, 1.807) is 0 Å². The predicted octanol–water partition coefficient (Wildman–Crippen LogP) is 12.3. The Morgan fingerprint density at radius 1 is 0.295 bits per heavy atom. The molecule has 2 heteroatoms. The lowest BCUT2D eigenvalue weighted by Crippen LogP contribution is -1.90. The standard InChI is InChI=1S/C42H24O2/c1-2-10-25(11-3-1)40-29-13-4-6-15-31(29)41(32-16-7-5-14-30(32)40)27-19-21-38-35(23-27)36-22-26-18-20-33-28-12-8-9-17-37(28)44-42(33)34(26)24-39(36)43-38/h1-24H. The van der Waals surface area contributed by atoms with Crippen LogP contribution in [0.25, 0.3) is 98.4 Å². The molecule has 0 aliphatic rings. The average Bonchev–Trinajstić information content (AvgIpc) is 3.64. The van der Waals surface area contributed by atoms with Crippen molar-refractivity contribution in [3.63, 3.8) is 0 Å². The van der Waals surface area contributed by atoms with Crippen molar-refractivity contribution in [3.05, 3.63) is 146 Å². The van der Waals surface area contributed by atoms with Crippen LogP contribution in [0.15, 0.2) is 154 Å². The molecule has 0 amide bonds. The molecule has 0 atom stereocenters. The molecule has 0 saturated carbocycles. The third-order valence-corrected chi connectivity index (χ3v) is 9.23. The smallest absolute Gasteiger partial charge is 0.143 e. The Kier molecular flexibility index (Phi) is 4.75. The molecule has 10 rings (SSSR count). The van der Waals surface area contributed by atoms with Crippen LogP contribution in [0.1, 0.15) is 0 Å². The van der Waals surface area contributed by atoms with Gasteiger partial charge < -0.3 is 8.83 Å². The highest BCUT2D eigenvalue weighted by atomic mass is 16.3. The van der Waals surface area contributed by atoms with E-state index in [0.717, 1.165) is 54.6 Å². The Balaban J connectivity index is 1.25. The second-order valence-corrected chi connectivity index (χ2v) is 11.6. The van der Waals surface area contributed by atoms with Crippen LogP contribution in [0, 0.1) is 0 Å². The van der Waals surface area contributed by atoms with Gasteiger partial charge in [-0.1, -0.05) is 109 Å². The second kappa shape index (κ2) is 8.82. The molecule has 0 radical (unpaired) electrons. The van der Waals surface area contributed by atoms with Crippen molar-refractivity contribution >= 4 is 76.2 Å². The summed E-state index contributed by atoms with van der Waals surface area (Å²) in [6, 6.07) is 52.0. The summed E-state index contributed by atoms with van der Waals surface area (Å²) in [5.41, 5.74) is 8.50.